The molecule has 0 aliphatic heterocycles. The second-order valence-electron chi connectivity index (χ2n) is 3.44. The summed E-state index contributed by atoms with van der Waals surface area (Å²) in [5, 5.41) is 19.0. The van der Waals surface area contributed by atoms with Crippen LogP contribution in [0.2, 0.25) is 0 Å². The Hall–Kier alpha value is -1.30. The van der Waals surface area contributed by atoms with Crippen LogP contribution in [-0.2, 0) is 0 Å². The number of rotatable bonds is 3. The third-order valence-corrected chi connectivity index (χ3v) is 1.65. The molecule has 0 aromatic rings. The molecule has 2 amide bonds. The molecule has 0 bridgehead atoms. The summed E-state index contributed by atoms with van der Waals surface area (Å²) in [6.07, 6.45) is -2.97. The zero-order chi connectivity index (χ0) is 11.5. The van der Waals surface area contributed by atoms with Crippen molar-refractivity contribution in [1.82, 2.24) is 10.0 Å². The Bertz CT molecular complexity index is 205. The molecule has 0 atom stereocenters. The zero-order valence-electron chi connectivity index (χ0n) is 8.76. The molecule has 0 fully saturated rings. The number of hydrogen-bond acceptors (Lipinski definition) is 3. The molecule has 6 heteroatoms. The summed E-state index contributed by atoms with van der Waals surface area (Å²) in [5.41, 5.74) is 0. The smallest absolute Gasteiger partial charge is 0.432 e. The molecule has 2 N–H and O–H groups in total. The molecule has 0 aliphatic carbocycles. The standard InChI is InChI=1S/C8H16N2O4/c1-5(2)9(6(3)4)10(7(11)12)8(13)14/h5-6H,1-4H3,(H,11,12)(H,13,14). The van der Waals surface area contributed by atoms with Gasteiger partial charge in [0, 0.05) is 12.1 Å². The third-order valence-electron chi connectivity index (χ3n) is 1.65. The Labute approximate surface area is 82.7 Å². The highest BCUT2D eigenvalue weighted by atomic mass is 16.4. The average Bonchev–Trinajstić information content (AvgIpc) is 1.96. The Morgan fingerprint density at radius 2 is 1.21 bits per heavy atom. The van der Waals surface area contributed by atoms with Gasteiger partial charge in [-0.2, -0.15) is 0 Å². The Balaban J connectivity index is 4.93. The lowest BCUT2D eigenvalue weighted by Gasteiger charge is -2.35. The van der Waals surface area contributed by atoms with Gasteiger partial charge in [-0.3, -0.25) is 0 Å². The summed E-state index contributed by atoms with van der Waals surface area (Å²) < 4.78 is 0. The van der Waals surface area contributed by atoms with Crippen molar-refractivity contribution in [2.75, 3.05) is 0 Å². The largest absolute Gasteiger partial charge is 0.464 e. The highest BCUT2D eigenvalue weighted by Crippen LogP contribution is 2.10. The van der Waals surface area contributed by atoms with E-state index in [1.54, 1.807) is 27.7 Å². The molecule has 0 unspecified atom stereocenters. The first-order valence-corrected chi connectivity index (χ1v) is 4.33. The van der Waals surface area contributed by atoms with Gasteiger partial charge in [0.25, 0.3) is 0 Å². The van der Waals surface area contributed by atoms with Gasteiger partial charge in [-0.25, -0.2) is 14.6 Å². The van der Waals surface area contributed by atoms with Gasteiger partial charge in [-0.1, -0.05) is 0 Å². The van der Waals surface area contributed by atoms with Crippen LogP contribution in [0.15, 0.2) is 0 Å². The lowest BCUT2D eigenvalue weighted by atomic mass is 10.3. The molecule has 0 rings (SSSR count). The van der Waals surface area contributed by atoms with E-state index in [9.17, 15) is 9.59 Å². The van der Waals surface area contributed by atoms with E-state index < -0.39 is 12.2 Å². The van der Waals surface area contributed by atoms with Gasteiger partial charge in [-0.05, 0) is 27.7 Å². The van der Waals surface area contributed by atoms with E-state index >= 15 is 0 Å². The number of hydrogen-bond donors (Lipinski definition) is 2. The van der Waals surface area contributed by atoms with E-state index in [2.05, 4.69) is 0 Å². The van der Waals surface area contributed by atoms with Crippen LogP contribution in [0.1, 0.15) is 27.7 Å². The highest BCUT2D eigenvalue weighted by Gasteiger charge is 2.31. The fourth-order valence-corrected chi connectivity index (χ4v) is 1.34. The van der Waals surface area contributed by atoms with Crippen molar-refractivity contribution < 1.29 is 19.8 Å². The van der Waals surface area contributed by atoms with Crippen LogP contribution in [0, 0.1) is 0 Å². The molecule has 14 heavy (non-hydrogen) atoms. The van der Waals surface area contributed by atoms with Gasteiger partial charge in [0.15, 0.2) is 0 Å². The molecule has 0 spiro atoms. The fraction of sp³-hybridized carbons (Fsp3) is 0.750. The molecule has 0 aliphatic rings. The van der Waals surface area contributed by atoms with Gasteiger partial charge in [0.1, 0.15) is 0 Å². The van der Waals surface area contributed by atoms with E-state index in [1.807, 2.05) is 0 Å². The third kappa shape index (κ3) is 2.88. The van der Waals surface area contributed by atoms with E-state index in [-0.39, 0.29) is 12.1 Å². The Morgan fingerprint density at radius 3 is 1.29 bits per heavy atom. The van der Waals surface area contributed by atoms with Gasteiger partial charge in [0.2, 0.25) is 0 Å². The molecular formula is C8H16N2O4. The summed E-state index contributed by atoms with van der Waals surface area (Å²) in [6, 6.07) is -0.385. The average molecular weight is 204 g/mol. The van der Waals surface area contributed by atoms with Gasteiger partial charge in [-0.15, -0.1) is 5.01 Å². The lowest BCUT2D eigenvalue weighted by Crippen LogP contribution is -2.55. The van der Waals surface area contributed by atoms with Crippen LogP contribution >= 0.6 is 0 Å². The van der Waals surface area contributed by atoms with E-state index in [4.69, 9.17) is 10.2 Å². The van der Waals surface area contributed by atoms with Crippen molar-refractivity contribution in [2.45, 2.75) is 39.8 Å². The summed E-state index contributed by atoms with van der Waals surface area (Å²) in [4.78, 5) is 21.4. The van der Waals surface area contributed by atoms with Crippen molar-refractivity contribution in [3.05, 3.63) is 0 Å². The zero-order valence-corrected chi connectivity index (χ0v) is 8.76. The van der Waals surface area contributed by atoms with Crippen LogP contribution < -0.4 is 0 Å². The van der Waals surface area contributed by atoms with E-state index in [0.29, 0.717) is 5.01 Å². The van der Waals surface area contributed by atoms with Gasteiger partial charge < -0.3 is 10.2 Å². The Morgan fingerprint density at radius 1 is 0.929 bits per heavy atom. The number of nitrogens with zero attached hydrogens (tertiary/aromatic N) is 2. The molecule has 0 aromatic heterocycles. The first-order valence-electron chi connectivity index (χ1n) is 4.33. The molecule has 0 saturated carbocycles. The molecule has 0 aromatic carbocycles. The molecule has 82 valence electrons. The molecular weight excluding hydrogens is 188 g/mol. The SMILES string of the molecule is CC(C)N(C(C)C)N(C(=O)O)C(=O)O. The van der Waals surface area contributed by atoms with Crippen LogP contribution in [0.5, 0.6) is 0 Å². The summed E-state index contributed by atoms with van der Waals surface area (Å²) in [5.74, 6) is 0. The van der Waals surface area contributed by atoms with Crippen LogP contribution in [-0.4, -0.2) is 44.5 Å². The van der Waals surface area contributed by atoms with Crippen LogP contribution in [0.25, 0.3) is 0 Å². The van der Waals surface area contributed by atoms with Crippen molar-refractivity contribution >= 4 is 12.2 Å². The minimum Gasteiger partial charge on any atom is -0.464 e. The van der Waals surface area contributed by atoms with Crippen molar-refractivity contribution in [3.63, 3.8) is 0 Å². The first-order chi connectivity index (χ1) is 6.29. The lowest BCUT2D eigenvalue weighted by molar-refractivity contribution is -0.0393. The molecule has 0 heterocycles. The fourth-order valence-electron chi connectivity index (χ4n) is 1.34. The minimum atomic E-state index is -1.49. The van der Waals surface area contributed by atoms with E-state index in [0.717, 1.165) is 0 Å². The number of carbonyl (C=O) groups is 2. The Kier molecular flexibility index (Phi) is 4.36. The van der Waals surface area contributed by atoms with Crippen molar-refractivity contribution in [1.29, 1.82) is 0 Å². The topological polar surface area (TPSA) is 81.1 Å². The predicted molar refractivity (Wildman–Crippen MR) is 50.0 cm³/mol. The number of hydrazine groups is 1. The monoisotopic (exact) mass is 204 g/mol. The van der Waals surface area contributed by atoms with Gasteiger partial charge in [0.05, 0.1) is 0 Å². The van der Waals surface area contributed by atoms with Crippen LogP contribution in [0.3, 0.4) is 0 Å². The van der Waals surface area contributed by atoms with Gasteiger partial charge >= 0.3 is 12.2 Å². The van der Waals surface area contributed by atoms with Crippen molar-refractivity contribution in [2.24, 2.45) is 0 Å². The summed E-state index contributed by atoms with van der Waals surface area (Å²) in [7, 11) is 0. The summed E-state index contributed by atoms with van der Waals surface area (Å²) >= 11 is 0. The maximum Gasteiger partial charge on any atom is 0.432 e. The quantitative estimate of drug-likeness (QED) is 0.683. The van der Waals surface area contributed by atoms with Crippen molar-refractivity contribution in [3.8, 4) is 0 Å². The number of amides is 2. The summed E-state index contributed by atoms with van der Waals surface area (Å²) in [6.45, 7) is 6.94. The number of imide groups is 1. The first kappa shape index (κ1) is 12.7. The predicted octanol–water partition coefficient (Wildman–Crippen LogP) is 1.68. The maximum absolute atomic E-state index is 10.7. The maximum atomic E-state index is 10.7. The molecule has 0 radical (unpaired) electrons. The van der Waals surface area contributed by atoms with E-state index in [1.165, 1.54) is 5.01 Å². The highest BCUT2D eigenvalue weighted by molar-refractivity contribution is 5.84. The van der Waals surface area contributed by atoms with Crippen LogP contribution in [0.4, 0.5) is 9.59 Å². The minimum absolute atomic E-state index is 0.192. The molecule has 6 nitrogen and oxygen atoms in total. The second-order valence-corrected chi connectivity index (χ2v) is 3.44. The second kappa shape index (κ2) is 4.80. The molecule has 0 saturated heterocycles. The normalized spacial score (nSPS) is 11.1. The number of carboxylic acid groups (broad SMARTS) is 2.